The third-order valence-electron chi connectivity index (χ3n) is 7.45. The van der Waals surface area contributed by atoms with Crippen molar-refractivity contribution in [1.29, 1.82) is 0 Å². The highest BCUT2D eigenvalue weighted by Crippen LogP contribution is 2.38. The van der Waals surface area contributed by atoms with Crippen molar-refractivity contribution in [3.05, 3.63) is 59.2 Å². The van der Waals surface area contributed by atoms with Gasteiger partial charge in [0.05, 0.1) is 6.10 Å². The molecule has 0 bridgehead atoms. The summed E-state index contributed by atoms with van der Waals surface area (Å²) in [5, 5.41) is 3.80. The zero-order valence-electron chi connectivity index (χ0n) is 19.9. The molecule has 3 aliphatic rings. The minimum Gasteiger partial charge on any atom is -0.490 e. The zero-order chi connectivity index (χ0) is 22.5. The molecule has 2 aliphatic heterocycles. The van der Waals surface area contributed by atoms with E-state index in [1.54, 1.807) is 0 Å². The van der Waals surface area contributed by atoms with Gasteiger partial charge in [0.25, 0.3) is 0 Å². The minimum absolute atomic E-state index is 0.155. The summed E-state index contributed by atoms with van der Waals surface area (Å²) in [6.07, 6.45) is 7.26. The van der Waals surface area contributed by atoms with Crippen LogP contribution in [0.15, 0.2) is 42.5 Å². The van der Waals surface area contributed by atoms with Gasteiger partial charge >= 0.3 is 0 Å². The first kappa shape index (κ1) is 23.1. The summed E-state index contributed by atoms with van der Waals surface area (Å²) >= 11 is 2.09. The molecule has 1 unspecified atom stereocenters. The fourth-order valence-corrected chi connectivity index (χ4v) is 6.41. The molecule has 2 aromatic rings. The Kier molecular flexibility index (Phi) is 7.80. The highest BCUT2D eigenvalue weighted by molar-refractivity contribution is 7.99. The molecule has 2 aromatic carbocycles. The van der Waals surface area contributed by atoms with E-state index in [9.17, 15) is 0 Å². The van der Waals surface area contributed by atoms with Crippen molar-refractivity contribution in [3.63, 3.8) is 0 Å². The Morgan fingerprint density at radius 1 is 1.03 bits per heavy atom. The second-order valence-corrected chi connectivity index (χ2v) is 11.0. The van der Waals surface area contributed by atoms with Crippen LogP contribution in [0, 0.1) is 6.92 Å². The molecule has 178 valence electrons. The highest BCUT2D eigenvalue weighted by Gasteiger charge is 2.25. The van der Waals surface area contributed by atoms with Crippen LogP contribution in [-0.4, -0.2) is 54.7 Å². The zero-order valence-corrected chi connectivity index (χ0v) is 20.7. The molecule has 1 N–H and O–H groups in total. The van der Waals surface area contributed by atoms with Crippen LogP contribution in [-0.2, 0) is 6.42 Å². The van der Waals surface area contributed by atoms with Gasteiger partial charge in [0.1, 0.15) is 17.6 Å². The molecule has 0 amide bonds. The van der Waals surface area contributed by atoms with E-state index in [2.05, 4.69) is 71.4 Å². The van der Waals surface area contributed by atoms with Crippen LogP contribution < -0.4 is 14.8 Å². The number of rotatable bonds is 7. The van der Waals surface area contributed by atoms with E-state index in [4.69, 9.17) is 9.47 Å². The van der Waals surface area contributed by atoms with E-state index < -0.39 is 0 Å². The van der Waals surface area contributed by atoms with Crippen molar-refractivity contribution in [1.82, 2.24) is 10.2 Å². The number of benzene rings is 2. The lowest BCUT2D eigenvalue weighted by atomic mass is 9.92. The van der Waals surface area contributed by atoms with Crippen molar-refractivity contribution >= 4 is 11.8 Å². The first-order valence-electron chi connectivity index (χ1n) is 12.8. The van der Waals surface area contributed by atoms with E-state index in [-0.39, 0.29) is 6.10 Å². The van der Waals surface area contributed by atoms with Gasteiger partial charge in [-0.1, -0.05) is 24.3 Å². The van der Waals surface area contributed by atoms with E-state index in [1.165, 1.54) is 60.7 Å². The molecule has 1 saturated heterocycles. The molecule has 0 aromatic heterocycles. The highest BCUT2D eigenvalue weighted by atomic mass is 32.2. The standard InChI is InChI=1S/C28H38N2O2S/c1-21-4-2-3-5-26(21)28-12-6-22-20-25(11-13-27(22)32-28)31-24-9-7-23(8-10-24)29-14-15-30-16-18-33-19-17-30/h2-5,11,13,20,23-24,28-29H,6-10,12,14-19H2,1H3. The van der Waals surface area contributed by atoms with Crippen molar-refractivity contribution in [2.24, 2.45) is 0 Å². The Labute approximate surface area is 203 Å². The van der Waals surface area contributed by atoms with Crippen molar-refractivity contribution in [3.8, 4) is 11.5 Å². The molecule has 33 heavy (non-hydrogen) atoms. The van der Waals surface area contributed by atoms with Crippen molar-refractivity contribution in [2.75, 3.05) is 37.7 Å². The van der Waals surface area contributed by atoms with Crippen LogP contribution in [0.4, 0.5) is 0 Å². The molecular weight excluding hydrogens is 428 g/mol. The number of aryl methyl sites for hydroxylation is 2. The summed E-state index contributed by atoms with van der Waals surface area (Å²) in [7, 11) is 0. The van der Waals surface area contributed by atoms with Gasteiger partial charge in [0, 0.05) is 43.7 Å². The smallest absolute Gasteiger partial charge is 0.124 e. The number of fused-ring (bicyclic) bond motifs is 1. The van der Waals surface area contributed by atoms with E-state index in [1.807, 2.05) is 0 Å². The van der Waals surface area contributed by atoms with Crippen LogP contribution in [0.25, 0.3) is 0 Å². The van der Waals surface area contributed by atoms with Gasteiger partial charge in [-0.3, -0.25) is 0 Å². The molecule has 2 heterocycles. The number of nitrogens with zero attached hydrogens (tertiary/aromatic N) is 1. The summed E-state index contributed by atoms with van der Waals surface area (Å²) in [6, 6.07) is 15.6. The van der Waals surface area contributed by atoms with E-state index in [0.29, 0.717) is 12.1 Å². The lowest BCUT2D eigenvalue weighted by Gasteiger charge is -2.32. The molecule has 4 nitrogen and oxygen atoms in total. The Bertz CT molecular complexity index is 907. The maximum absolute atomic E-state index is 6.41. The third kappa shape index (κ3) is 6.06. The monoisotopic (exact) mass is 466 g/mol. The van der Waals surface area contributed by atoms with Gasteiger partial charge in [0.2, 0.25) is 0 Å². The largest absolute Gasteiger partial charge is 0.490 e. The molecule has 5 heteroatoms. The van der Waals surface area contributed by atoms with Crippen LogP contribution in [0.3, 0.4) is 0 Å². The summed E-state index contributed by atoms with van der Waals surface area (Å²) in [5.41, 5.74) is 3.90. The minimum atomic E-state index is 0.155. The third-order valence-corrected chi connectivity index (χ3v) is 8.40. The fraction of sp³-hybridized carbons (Fsp3) is 0.571. The van der Waals surface area contributed by atoms with Gasteiger partial charge in [-0.25, -0.2) is 0 Å². The molecule has 1 saturated carbocycles. The predicted molar refractivity (Wildman–Crippen MR) is 138 cm³/mol. The molecule has 1 aliphatic carbocycles. The van der Waals surface area contributed by atoms with Gasteiger partial charge in [0.15, 0.2) is 0 Å². The van der Waals surface area contributed by atoms with Crippen molar-refractivity contribution < 1.29 is 9.47 Å². The van der Waals surface area contributed by atoms with Crippen molar-refractivity contribution in [2.45, 2.75) is 63.7 Å². The summed E-state index contributed by atoms with van der Waals surface area (Å²) in [5.74, 6) is 4.61. The summed E-state index contributed by atoms with van der Waals surface area (Å²) < 4.78 is 12.8. The molecule has 5 rings (SSSR count). The molecule has 0 spiro atoms. The maximum Gasteiger partial charge on any atom is 0.124 e. The quantitative estimate of drug-likeness (QED) is 0.592. The van der Waals surface area contributed by atoms with Gasteiger partial charge in [-0.05, 0) is 80.3 Å². The SMILES string of the molecule is Cc1ccccc1C1CCc2cc(OC3CCC(NCCN4CCSCC4)CC3)ccc2O1. The molecule has 2 fully saturated rings. The Morgan fingerprint density at radius 2 is 1.85 bits per heavy atom. The predicted octanol–water partition coefficient (Wildman–Crippen LogP) is 5.39. The molecule has 1 atom stereocenters. The number of nitrogens with one attached hydrogen (secondary N) is 1. The average molecular weight is 467 g/mol. The van der Waals surface area contributed by atoms with Gasteiger partial charge < -0.3 is 19.7 Å². The van der Waals surface area contributed by atoms with E-state index >= 15 is 0 Å². The summed E-state index contributed by atoms with van der Waals surface area (Å²) in [4.78, 5) is 2.60. The second kappa shape index (κ2) is 11.2. The Morgan fingerprint density at radius 3 is 2.67 bits per heavy atom. The molecular formula is C28H38N2O2S. The summed E-state index contributed by atoms with van der Waals surface area (Å²) in [6.45, 7) is 6.99. The number of hydrogen-bond donors (Lipinski definition) is 1. The van der Waals surface area contributed by atoms with Crippen LogP contribution >= 0.6 is 11.8 Å². The van der Waals surface area contributed by atoms with Crippen LogP contribution in [0.2, 0.25) is 0 Å². The van der Waals surface area contributed by atoms with Crippen LogP contribution in [0.5, 0.6) is 11.5 Å². The number of hydrogen-bond acceptors (Lipinski definition) is 5. The fourth-order valence-electron chi connectivity index (χ4n) is 5.43. The average Bonchev–Trinajstić information content (AvgIpc) is 2.86. The number of ether oxygens (including phenoxy) is 2. The Hall–Kier alpha value is -1.69. The lowest BCUT2D eigenvalue weighted by molar-refractivity contribution is 0.137. The maximum atomic E-state index is 6.41. The first-order chi connectivity index (χ1) is 16.2. The Balaban J connectivity index is 1.07. The first-order valence-corrected chi connectivity index (χ1v) is 14.0. The van der Waals surface area contributed by atoms with Gasteiger partial charge in [-0.15, -0.1) is 0 Å². The lowest BCUT2D eigenvalue weighted by Crippen LogP contribution is -2.42. The number of thioether (sulfide) groups is 1. The van der Waals surface area contributed by atoms with Crippen LogP contribution in [0.1, 0.15) is 54.9 Å². The normalized spacial score (nSPS) is 25.8. The topological polar surface area (TPSA) is 33.7 Å². The van der Waals surface area contributed by atoms with Gasteiger partial charge in [-0.2, -0.15) is 11.8 Å². The van der Waals surface area contributed by atoms with E-state index in [0.717, 1.165) is 43.7 Å². The second-order valence-electron chi connectivity index (χ2n) is 9.77. The molecule has 0 radical (unpaired) electrons.